The molecule has 1 radical (unpaired) electrons. The van der Waals surface area contributed by atoms with Crippen molar-refractivity contribution in [3.8, 4) is 0 Å². The van der Waals surface area contributed by atoms with Gasteiger partial charge in [-0.15, -0.1) is 11.3 Å². The van der Waals surface area contributed by atoms with E-state index in [-0.39, 0.29) is 0 Å². The summed E-state index contributed by atoms with van der Waals surface area (Å²) in [5.74, 6) is 0. The number of thiophene rings is 1. The normalized spacial score (nSPS) is 19.7. The molecule has 0 aliphatic carbocycles. The molecule has 0 unspecified atom stereocenters. The van der Waals surface area contributed by atoms with Crippen LogP contribution in [0.5, 0.6) is 0 Å². The average Bonchev–Trinajstić information content (AvgIpc) is 2.59. The molecule has 0 saturated carbocycles. The Kier molecular flexibility index (Phi) is 2.79. The van der Waals surface area contributed by atoms with Gasteiger partial charge in [-0.1, -0.05) is 6.42 Å². The number of piperidine rings is 1. The molecule has 65 valence electrons. The predicted octanol–water partition coefficient (Wildman–Crippen LogP) is 2.53. The lowest BCUT2D eigenvalue weighted by Gasteiger charge is -2.25. The second-order valence-electron chi connectivity index (χ2n) is 3.38. The summed E-state index contributed by atoms with van der Waals surface area (Å²) in [6.07, 6.45) is 4.18. The number of hydrogen-bond donors (Lipinski definition) is 0. The van der Waals surface area contributed by atoms with Crippen molar-refractivity contribution in [1.82, 2.24) is 4.90 Å². The zero-order valence-corrected chi connectivity index (χ0v) is 8.07. The van der Waals surface area contributed by atoms with Gasteiger partial charge in [0.1, 0.15) is 0 Å². The highest BCUT2D eigenvalue weighted by atomic mass is 32.1. The Bertz CT molecular complexity index is 212. The SMILES string of the molecule is [c]1sccc1CN1CCCCC1. The molecule has 1 aromatic heterocycles. The molecule has 0 bridgehead atoms. The molecule has 1 nitrogen and oxygen atoms in total. The summed E-state index contributed by atoms with van der Waals surface area (Å²) in [6.45, 7) is 3.68. The topological polar surface area (TPSA) is 3.24 Å². The molecular weight excluding hydrogens is 166 g/mol. The Morgan fingerprint density at radius 2 is 2.17 bits per heavy atom. The quantitative estimate of drug-likeness (QED) is 0.676. The summed E-state index contributed by atoms with van der Waals surface area (Å²) in [6, 6.07) is 2.18. The number of likely N-dealkylation sites (tertiary alicyclic amines) is 1. The molecule has 2 heterocycles. The maximum atomic E-state index is 3.28. The fourth-order valence-electron chi connectivity index (χ4n) is 1.70. The molecule has 1 aromatic rings. The summed E-state index contributed by atoms with van der Waals surface area (Å²) in [4.78, 5) is 2.53. The zero-order chi connectivity index (χ0) is 8.23. The first-order valence-electron chi connectivity index (χ1n) is 4.61. The van der Waals surface area contributed by atoms with E-state index in [1.807, 2.05) is 0 Å². The van der Waals surface area contributed by atoms with Gasteiger partial charge in [-0.2, -0.15) is 0 Å². The molecule has 1 aliphatic heterocycles. The lowest BCUT2D eigenvalue weighted by atomic mass is 10.1. The molecule has 0 aromatic carbocycles. The summed E-state index contributed by atoms with van der Waals surface area (Å²) < 4.78 is 0. The lowest BCUT2D eigenvalue weighted by molar-refractivity contribution is 0.221. The molecule has 0 N–H and O–H groups in total. The highest BCUT2D eigenvalue weighted by Crippen LogP contribution is 2.13. The van der Waals surface area contributed by atoms with E-state index in [9.17, 15) is 0 Å². The first kappa shape index (κ1) is 8.27. The van der Waals surface area contributed by atoms with Gasteiger partial charge in [0.15, 0.2) is 0 Å². The lowest BCUT2D eigenvalue weighted by Crippen LogP contribution is -2.28. The van der Waals surface area contributed by atoms with Gasteiger partial charge in [0.05, 0.1) is 0 Å². The first-order chi connectivity index (χ1) is 5.95. The highest BCUT2D eigenvalue weighted by molar-refractivity contribution is 7.07. The highest BCUT2D eigenvalue weighted by Gasteiger charge is 2.09. The van der Waals surface area contributed by atoms with Crippen molar-refractivity contribution < 1.29 is 0 Å². The Balaban J connectivity index is 1.86. The second kappa shape index (κ2) is 4.06. The van der Waals surface area contributed by atoms with Crippen molar-refractivity contribution in [2.24, 2.45) is 0 Å². The van der Waals surface area contributed by atoms with Crippen molar-refractivity contribution in [1.29, 1.82) is 0 Å². The van der Waals surface area contributed by atoms with Crippen molar-refractivity contribution in [2.45, 2.75) is 25.8 Å². The molecule has 1 fully saturated rings. The third-order valence-corrected chi connectivity index (χ3v) is 3.02. The standard InChI is InChI=1S/C10H14NS/c1-2-5-11(6-3-1)8-10-4-7-12-9-10/h4,7H,1-3,5-6,8H2. The molecule has 2 rings (SSSR count). The van der Waals surface area contributed by atoms with E-state index < -0.39 is 0 Å². The van der Waals surface area contributed by atoms with E-state index in [0.29, 0.717) is 0 Å². The molecule has 2 heteroatoms. The van der Waals surface area contributed by atoms with Crippen LogP contribution in [0.1, 0.15) is 24.8 Å². The van der Waals surface area contributed by atoms with Gasteiger partial charge in [0.25, 0.3) is 0 Å². The molecule has 0 atom stereocenters. The Hall–Kier alpha value is -0.340. The van der Waals surface area contributed by atoms with Gasteiger partial charge in [0.2, 0.25) is 0 Å². The Labute approximate surface area is 78.0 Å². The van der Waals surface area contributed by atoms with E-state index in [1.165, 1.54) is 37.9 Å². The third kappa shape index (κ3) is 2.08. The van der Waals surface area contributed by atoms with Gasteiger partial charge >= 0.3 is 0 Å². The summed E-state index contributed by atoms with van der Waals surface area (Å²) in [5, 5.41) is 5.39. The summed E-state index contributed by atoms with van der Waals surface area (Å²) in [7, 11) is 0. The van der Waals surface area contributed by atoms with Crippen LogP contribution >= 0.6 is 11.3 Å². The smallest absolute Gasteiger partial charge is 0.0490 e. The minimum atomic E-state index is 1.11. The van der Waals surface area contributed by atoms with Crippen LogP contribution in [0.2, 0.25) is 0 Å². The van der Waals surface area contributed by atoms with Gasteiger partial charge < -0.3 is 0 Å². The second-order valence-corrected chi connectivity index (χ2v) is 4.10. The largest absolute Gasteiger partial charge is 0.299 e. The molecular formula is C10H14NS. The fourth-order valence-corrected chi connectivity index (χ4v) is 2.29. The van der Waals surface area contributed by atoms with Crippen LogP contribution in [0.25, 0.3) is 0 Å². The Morgan fingerprint density at radius 3 is 2.83 bits per heavy atom. The van der Waals surface area contributed by atoms with E-state index in [1.54, 1.807) is 11.3 Å². The van der Waals surface area contributed by atoms with Crippen LogP contribution in [0, 0.1) is 5.38 Å². The van der Waals surface area contributed by atoms with E-state index in [0.717, 1.165) is 6.54 Å². The third-order valence-electron chi connectivity index (χ3n) is 2.37. The maximum Gasteiger partial charge on any atom is 0.0490 e. The minimum Gasteiger partial charge on any atom is -0.299 e. The van der Waals surface area contributed by atoms with Gasteiger partial charge in [-0.25, -0.2) is 0 Å². The monoisotopic (exact) mass is 180 g/mol. The van der Waals surface area contributed by atoms with Crippen molar-refractivity contribution in [2.75, 3.05) is 13.1 Å². The van der Waals surface area contributed by atoms with Gasteiger partial charge in [-0.3, -0.25) is 4.90 Å². The number of hydrogen-bond acceptors (Lipinski definition) is 2. The summed E-state index contributed by atoms with van der Waals surface area (Å²) in [5.41, 5.74) is 1.36. The van der Waals surface area contributed by atoms with Crippen LogP contribution in [-0.2, 0) is 6.54 Å². The fraction of sp³-hybridized carbons (Fsp3) is 0.600. The van der Waals surface area contributed by atoms with Gasteiger partial charge in [-0.05, 0) is 42.9 Å². The molecule has 0 amide bonds. The minimum absolute atomic E-state index is 1.11. The van der Waals surface area contributed by atoms with Crippen molar-refractivity contribution in [3.63, 3.8) is 0 Å². The first-order valence-corrected chi connectivity index (χ1v) is 5.49. The number of rotatable bonds is 2. The maximum absolute atomic E-state index is 3.28. The van der Waals surface area contributed by atoms with Crippen LogP contribution in [0.3, 0.4) is 0 Å². The van der Waals surface area contributed by atoms with E-state index in [4.69, 9.17) is 0 Å². The van der Waals surface area contributed by atoms with Crippen LogP contribution in [-0.4, -0.2) is 18.0 Å². The van der Waals surface area contributed by atoms with Crippen LogP contribution < -0.4 is 0 Å². The van der Waals surface area contributed by atoms with E-state index >= 15 is 0 Å². The Morgan fingerprint density at radius 1 is 1.33 bits per heavy atom. The van der Waals surface area contributed by atoms with Crippen molar-refractivity contribution >= 4 is 11.3 Å². The van der Waals surface area contributed by atoms with Crippen LogP contribution in [0.4, 0.5) is 0 Å². The van der Waals surface area contributed by atoms with E-state index in [2.05, 4.69) is 21.7 Å². The van der Waals surface area contributed by atoms with Gasteiger partial charge in [0, 0.05) is 11.9 Å². The predicted molar refractivity (Wildman–Crippen MR) is 52.3 cm³/mol. The average molecular weight is 180 g/mol. The molecule has 1 aliphatic rings. The molecule has 12 heavy (non-hydrogen) atoms. The molecule has 1 saturated heterocycles. The summed E-state index contributed by atoms with van der Waals surface area (Å²) >= 11 is 1.68. The van der Waals surface area contributed by atoms with Crippen molar-refractivity contribution in [3.05, 3.63) is 22.4 Å². The number of nitrogens with zero attached hydrogens (tertiary/aromatic N) is 1. The zero-order valence-electron chi connectivity index (χ0n) is 7.25. The molecule has 0 spiro atoms. The van der Waals surface area contributed by atoms with Crippen LogP contribution in [0.15, 0.2) is 11.4 Å².